The molecule has 0 aliphatic rings. The Balaban J connectivity index is 1.65. The van der Waals surface area contributed by atoms with E-state index in [1.54, 1.807) is 9.58 Å². The number of nitrogens with zero attached hydrogens (tertiary/aromatic N) is 4. The van der Waals surface area contributed by atoms with Crippen molar-refractivity contribution in [1.82, 2.24) is 14.3 Å². The third-order valence-corrected chi connectivity index (χ3v) is 6.75. The third-order valence-electron chi connectivity index (χ3n) is 6.36. The van der Waals surface area contributed by atoms with E-state index in [2.05, 4.69) is 39.0 Å². The molecule has 0 radical (unpaired) electrons. The molecule has 1 amide bonds. The van der Waals surface area contributed by atoms with Crippen molar-refractivity contribution in [3.63, 3.8) is 0 Å². The Bertz CT molecular complexity index is 1450. The first-order valence-corrected chi connectivity index (χ1v) is 13.3. The molecule has 3 aromatic carbocycles. The molecule has 0 unspecified atom stereocenters. The standard InChI is InChI=1S/C31H36N4O2S/c1-22(2)34(25-12-8-7-9-13-25)29(36)20-33-30(38)35(26-14-10-11-23(3)19-26)28(32-33)21-37-27-17-15-24(16-18-27)31(4,5)6/h7-19,22H,20-21H2,1-6H3. The minimum atomic E-state index is -0.0820. The normalized spacial score (nSPS) is 11.6. The van der Waals surface area contributed by atoms with Crippen LogP contribution in [0.4, 0.5) is 5.69 Å². The second-order valence-electron chi connectivity index (χ2n) is 10.8. The number of carbonyl (C=O) groups excluding carboxylic acids is 1. The second-order valence-corrected chi connectivity index (χ2v) is 11.2. The number of rotatable bonds is 8. The van der Waals surface area contributed by atoms with Gasteiger partial charge in [0.15, 0.2) is 5.82 Å². The lowest BCUT2D eigenvalue weighted by atomic mass is 9.87. The van der Waals surface area contributed by atoms with Crippen LogP contribution in [0.1, 0.15) is 51.6 Å². The van der Waals surface area contributed by atoms with E-state index in [0.29, 0.717) is 10.6 Å². The summed E-state index contributed by atoms with van der Waals surface area (Å²) in [6.07, 6.45) is 0. The molecule has 0 atom stereocenters. The fourth-order valence-corrected chi connectivity index (χ4v) is 4.71. The van der Waals surface area contributed by atoms with Crippen LogP contribution in [0.2, 0.25) is 0 Å². The van der Waals surface area contributed by atoms with E-state index in [4.69, 9.17) is 22.1 Å². The number of ether oxygens (including phenoxy) is 1. The maximum Gasteiger partial charge on any atom is 0.249 e. The molecule has 4 aromatic rings. The van der Waals surface area contributed by atoms with Gasteiger partial charge < -0.3 is 9.64 Å². The number of benzene rings is 3. The molecule has 7 heteroatoms. The summed E-state index contributed by atoms with van der Waals surface area (Å²) in [5.74, 6) is 1.30. The van der Waals surface area contributed by atoms with Crippen molar-refractivity contribution in [2.24, 2.45) is 0 Å². The summed E-state index contributed by atoms with van der Waals surface area (Å²) in [4.78, 5) is 15.3. The van der Waals surface area contributed by atoms with Crippen LogP contribution in [0.15, 0.2) is 78.9 Å². The first-order valence-electron chi connectivity index (χ1n) is 12.9. The zero-order valence-corrected chi connectivity index (χ0v) is 23.8. The highest BCUT2D eigenvalue weighted by Crippen LogP contribution is 2.25. The van der Waals surface area contributed by atoms with Gasteiger partial charge in [0, 0.05) is 11.7 Å². The van der Waals surface area contributed by atoms with Crippen LogP contribution in [-0.2, 0) is 23.4 Å². The van der Waals surface area contributed by atoms with Gasteiger partial charge in [0.1, 0.15) is 18.9 Å². The van der Waals surface area contributed by atoms with E-state index < -0.39 is 0 Å². The van der Waals surface area contributed by atoms with Gasteiger partial charge in [0.25, 0.3) is 0 Å². The van der Waals surface area contributed by atoms with E-state index in [9.17, 15) is 4.79 Å². The number of aromatic nitrogens is 3. The first kappa shape index (κ1) is 27.3. The Morgan fingerprint density at radius 1 is 1.00 bits per heavy atom. The van der Waals surface area contributed by atoms with Crippen molar-refractivity contribution in [3.8, 4) is 11.4 Å². The Hall–Kier alpha value is -3.71. The molecule has 0 aliphatic carbocycles. The molecule has 0 spiro atoms. The summed E-state index contributed by atoms with van der Waals surface area (Å²) >= 11 is 5.85. The Labute approximate surface area is 230 Å². The summed E-state index contributed by atoms with van der Waals surface area (Å²) in [5, 5.41) is 4.77. The highest BCUT2D eigenvalue weighted by atomic mass is 32.1. The number of hydrogen-bond acceptors (Lipinski definition) is 4. The van der Waals surface area contributed by atoms with Crippen molar-refractivity contribution in [3.05, 3.63) is 101 Å². The summed E-state index contributed by atoms with van der Waals surface area (Å²) in [7, 11) is 0. The number of para-hydroxylation sites is 1. The zero-order valence-electron chi connectivity index (χ0n) is 23.0. The van der Waals surface area contributed by atoms with Crippen LogP contribution in [0.3, 0.4) is 0 Å². The number of amides is 1. The van der Waals surface area contributed by atoms with E-state index >= 15 is 0 Å². The second kappa shape index (κ2) is 11.4. The molecule has 0 N–H and O–H groups in total. The minimum Gasteiger partial charge on any atom is -0.486 e. The highest BCUT2D eigenvalue weighted by molar-refractivity contribution is 7.71. The van der Waals surface area contributed by atoms with Crippen LogP contribution in [0.25, 0.3) is 5.69 Å². The largest absolute Gasteiger partial charge is 0.486 e. The van der Waals surface area contributed by atoms with E-state index in [1.807, 2.05) is 86.0 Å². The molecule has 38 heavy (non-hydrogen) atoms. The van der Waals surface area contributed by atoms with Gasteiger partial charge in [-0.05, 0) is 85.9 Å². The quantitative estimate of drug-likeness (QED) is 0.230. The summed E-state index contributed by atoms with van der Waals surface area (Å²) < 4.78 is 10.1. The summed E-state index contributed by atoms with van der Waals surface area (Å²) in [5.41, 5.74) is 4.15. The molecule has 1 aromatic heterocycles. The fourth-order valence-electron chi connectivity index (χ4n) is 4.40. The predicted molar refractivity (Wildman–Crippen MR) is 156 cm³/mol. The Morgan fingerprint density at radius 2 is 1.68 bits per heavy atom. The molecular weight excluding hydrogens is 492 g/mol. The van der Waals surface area contributed by atoms with Gasteiger partial charge in [0.2, 0.25) is 10.7 Å². The van der Waals surface area contributed by atoms with Crippen LogP contribution in [-0.4, -0.2) is 26.3 Å². The topological polar surface area (TPSA) is 52.3 Å². The van der Waals surface area contributed by atoms with Crippen molar-refractivity contribution in [2.45, 2.75) is 66.2 Å². The molecule has 0 bridgehead atoms. The van der Waals surface area contributed by atoms with Crippen LogP contribution >= 0.6 is 12.2 Å². The number of carbonyl (C=O) groups is 1. The molecular formula is C31H36N4O2S. The third kappa shape index (κ3) is 6.22. The molecule has 0 aliphatic heterocycles. The van der Waals surface area contributed by atoms with E-state index in [-0.39, 0.29) is 30.5 Å². The number of aryl methyl sites for hydroxylation is 1. The van der Waals surface area contributed by atoms with E-state index in [1.165, 1.54) is 5.56 Å². The predicted octanol–water partition coefficient (Wildman–Crippen LogP) is 7.03. The SMILES string of the molecule is Cc1cccc(-n2c(COc3ccc(C(C)(C)C)cc3)nn(CC(=O)N(c3ccccc3)C(C)C)c2=S)c1. The zero-order chi connectivity index (χ0) is 27.4. The molecule has 198 valence electrons. The van der Waals surface area contributed by atoms with Gasteiger partial charge in [-0.15, -0.1) is 0 Å². The number of anilines is 1. The van der Waals surface area contributed by atoms with Crippen molar-refractivity contribution in [1.29, 1.82) is 0 Å². The fraction of sp³-hybridized carbons (Fsp3) is 0.323. The summed E-state index contributed by atoms with van der Waals surface area (Å²) in [6, 6.07) is 25.9. The molecule has 0 saturated carbocycles. The van der Waals surface area contributed by atoms with Gasteiger partial charge in [0.05, 0.1) is 5.69 Å². The average Bonchev–Trinajstić information content (AvgIpc) is 3.17. The molecule has 0 fully saturated rings. The molecule has 4 rings (SSSR count). The van der Waals surface area contributed by atoms with Gasteiger partial charge in [-0.1, -0.05) is 63.2 Å². The first-order chi connectivity index (χ1) is 18.0. The average molecular weight is 529 g/mol. The van der Waals surface area contributed by atoms with E-state index in [0.717, 1.165) is 22.7 Å². The minimum absolute atomic E-state index is 0.0168. The maximum atomic E-state index is 13.5. The van der Waals surface area contributed by atoms with Gasteiger partial charge >= 0.3 is 0 Å². The Morgan fingerprint density at radius 3 is 2.29 bits per heavy atom. The van der Waals surface area contributed by atoms with Crippen LogP contribution in [0, 0.1) is 11.7 Å². The Kier molecular flexibility index (Phi) is 8.17. The van der Waals surface area contributed by atoms with Crippen molar-refractivity contribution >= 4 is 23.8 Å². The molecule has 1 heterocycles. The highest BCUT2D eigenvalue weighted by Gasteiger charge is 2.22. The summed E-state index contributed by atoms with van der Waals surface area (Å²) in [6.45, 7) is 12.8. The lowest BCUT2D eigenvalue weighted by Gasteiger charge is -2.26. The van der Waals surface area contributed by atoms with Crippen LogP contribution < -0.4 is 9.64 Å². The number of hydrogen-bond donors (Lipinski definition) is 0. The maximum absolute atomic E-state index is 13.5. The van der Waals surface area contributed by atoms with Gasteiger partial charge in [-0.3, -0.25) is 9.36 Å². The monoisotopic (exact) mass is 528 g/mol. The molecule has 0 saturated heterocycles. The van der Waals surface area contributed by atoms with Crippen molar-refractivity contribution < 1.29 is 9.53 Å². The van der Waals surface area contributed by atoms with Gasteiger partial charge in [-0.2, -0.15) is 5.10 Å². The lowest BCUT2D eigenvalue weighted by molar-refractivity contribution is -0.119. The molecule has 6 nitrogen and oxygen atoms in total. The smallest absolute Gasteiger partial charge is 0.249 e. The lowest BCUT2D eigenvalue weighted by Crippen LogP contribution is -2.39. The van der Waals surface area contributed by atoms with Gasteiger partial charge in [-0.25, -0.2) is 4.68 Å². The van der Waals surface area contributed by atoms with Crippen LogP contribution in [0.5, 0.6) is 5.75 Å². The van der Waals surface area contributed by atoms with Crippen molar-refractivity contribution in [2.75, 3.05) is 4.90 Å².